The molecule has 1 rings (SSSR count). The van der Waals surface area contributed by atoms with Gasteiger partial charge in [-0.2, -0.15) is 0 Å². The van der Waals surface area contributed by atoms with E-state index in [1.807, 2.05) is 6.92 Å². The number of carbonyl (C=O) groups is 3. The standard InChI is InChI=1S/C19H26BrN3O5/c1-3-13-6-7-16(24)15(11-13)23-17(25)5-4-8-21-18(26)12-14(20)19(27)22-9-10-28-2/h6-7,11-12,24H,3-5,8-10H2,1-2H3,(H,21,26)(H,22,27)(H,23,25)/b14-12+. The summed E-state index contributed by atoms with van der Waals surface area (Å²) in [6.45, 7) is 2.97. The van der Waals surface area contributed by atoms with Crippen LogP contribution in [0.25, 0.3) is 0 Å². The highest BCUT2D eigenvalue weighted by Gasteiger charge is 2.09. The molecule has 0 saturated heterocycles. The van der Waals surface area contributed by atoms with Crippen molar-refractivity contribution in [1.82, 2.24) is 10.6 Å². The van der Waals surface area contributed by atoms with Crippen molar-refractivity contribution in [1.29, 1.82) is 0 Å². The Labute approximate surface area is 172 Å². The largest absolute Gasteiger partial charge is 0.506 e. The normalized spacial score (nSPS) is 11.0. The van der Waals surface area contributed by atoms with Gasteiger partial charge < -0.3 is 25.8 Å². The summed E-state index contributed by atoms with van der Waals surface area (Å²) in [6.07, 6.45) is 2.52. The molecule has 0 unspecified atom stereocenters. The van der Waals surface area contributed by atoms with Gasteiger partial charge in [-0.05, 0) is 46.5 Å². The lowest BCUT2D eigenvalue weighted by Crippen LogP contribution is -2.28. The van der Waals surface area contributed by atoms with Crippen LogP contribution in [0.5, 0.6) is 5.75 Å². The number of amides is 3. The second-order valence-corrected chi connectivity index (χ2v) is 6.74. The number of benzene rings is 1. The molecular weight excluding hydrogens is 430 g/mol. The second-order valence-electron chi connectivity index (χ2n) is 5.89. The molecule has 8 nitrogen and oxygen atoms in total. The van der Waals surface area contributed by atoms with Crippen molar-refractivity contribution in [3.8, 4) is 5.75 Å². The van der Waals surface area contributed by atoms with Crippen molar-refractivity contribution < 1.29 is 24.2 Å². The van der Waals surface area contributed by atoms with E-state index in [4.69, 9.17) is 4.74 Å². The number of rotatable bonds is 11. The number of carbonyl (C=O) groups excluding carboxylic acids is 3. The Bertz CT molecular complexity index is 722. The Balaban J connectivity index is 2.34. The number of nitrogens with one attached hydrogen (secondary N) is 3. The van der Waals surface area contributed by atoms with Crippen LogP contribution in [0.4, 0.5) is 5.69 Å². The molecule has 0 bridgehead atoms. The van der Waals surface area contributed by atoms with Crippen LogP contribution in [0.1, 0.15) is 25.3 Å². The molecule has 0 heterocycles. The number of phenols is 1. The molecule has 0 radical (unpaired) electrons. The van der Waals surface area contributed by atoms with Crippen LogP contribution in [0.15, 0.2) is 28.8 Å². The van der Waals surface area contributed by atoms with Gasteiger partial charge >= 0.3 is 0 Å². The minimum Gasteiger partial charge on any atom is -0.506 e. The zero-order valence-electron chi connectivity index (χ0n) is 16.0. The summed E-state index contributed by atoms with van der Waals surface area (Å²) in [7, 11) is 1.52. The molecule has 0 aromatic heterocycles. The van der Waals surface area contributed by atoms with Crippen molar-refractivity contribution >= 4 is 39.3 Å². The molecule has 28 heavy (non-hydrogen) atoms. The fourth-order valence-electron chi connectivity index (χ4n) is 2.16. The number of hydrogen-bond donors (Lipinski definition) is 4. The van der Waals surface area contributed by atoms with Gasteiger partial charge in [-0.1, -0.05) is 13.0 Å². The van der Waals surface area contributed by atoms with Crippen LogP contribution in [0.3, 0.4) is 0 Å². The maximum Gasteiger partial charge on any atom is 0.258 e. The Hall–Kier alpha value is -2.39. The average molecular weight is 456 g/mol. The van der Waals surface area contributed by atoms with Crippen molar-refractivity contribution in [3.05, 3.63) is 34.3 Å². The molecule has 0 atom stereocenters. The van der Waals surface area contributed by atoms with E-state index >= 15 is 0 Å². The minimum atomic E-state index is -0.442. The highest BCUT2D eigenvalue weighted by molar-refractivity contribution is 9.12. The molecule has 1 aromatic carbocycles. The SMILES string of the molecule is CCc1ccc(O)c(NC(=O)CCCNC(=O)/C=C(/Br)C(=O)NCCOC)c1. The molecule has 9 heteroatoms. The van der Waals surface area contributed by atoms with E-state index in [-0.39, 0.29) is 29.1 Å². The molecule has 1 aromatic rings. The van der Waals surface area contributed by atoms with Crippen LogP contribution < -0.4 is 16.0 Å². The van der Waals surface area contributed by atoms with E-state index < -0.39 is 11.8 Å². The summed E-state index contributed by atoms with van der Waals surface area (Å²) in [5.41, 5.74) is 1.38. The number of hydrogen-bond acceptors (Lipinski definition) is 5. The molecule has 0 fully saturated rings. The number of phenolic OH excluding ortho intramolecular Hbond substituents is 1. The zero-order valence-corrected chi connectivity index (χ0v) is 17.6. The lowest BCUT2D eigenvalue weighted by molar-refractivity contribution is -0.119. The molecular formula is C19H26BrN3O5. The maximum absolute atomic E-state index is 12.0. The number of halogens is 1. The van der Waals surface area contributed by atoms with Gasteiger partial charge in [0, 0.05) is 32.7 Å². The summed E-state index contributed by atoms with van der Waals surface area (Å²) < 4.78 is 4.92. The lowest BCUT2D eigenvalue weighted by Gasteiger charge is -2.09. The number of ether oxygens (including phenoxy) is 1. The topological polar surface area (TPSA) is 117 Å². The molecule has 0 aliphatic carbocycles. The van der Waals surface area contributed by atoms with Gasteiger partial charge in [0.1, 0.15) is 5.75 Å². The van der Waals surface area contributed by atoms with Gasteiger partial charge in [0.25, 0.3) is 5.91 Å². The quantitative estimate of drug-likeness (QED) is 0.230. The predicted octanol–water partition coefficient (Wildman–Crippen LogP) is 1.83. The first-order valence-corrected chi connectivity index (χ1v) is 9.70. The second kappa shape index (κ2) is 12.9. The Morgan fingerprint density at radius 1 is 1.21 bits per heavy atom. The zero-order chi connectivity index (χ0) is 20.9. The number of aromatic hydroxyl groups is 1. The summed E-state index contributed by atoms with van der Waals surface area (Å²) in [4.78, 5) is 35.5. The first kappa shape index (κ1) is 23.6. The van der Waals surface area contributed by atoms with Gasteiger partial charge in [0.15, 0.2) is 0 Å². The molecule has 0 aliphatic heterocycles. The minimum absolute atomic E-state index is 0.0117. The fraction of sp³-hybridized carbons (Fsp3) is 0.421. The van der Waals surface area contributed by atoms with Gasteiger partial charge in [-0.15, -0.1) is 0 Å². The molecule has 0 saturated carbocycles. The van der Waals surface area contributed by atoms with Crippen LogP contribution in [0.2, 0.25) is 0 Å². The number of methoxy groups -OCH3 is 1. The highest BCUT2D eigenvalue weighted by Crippen LogP contribution is 2.24. The van der Waals surface area contributed by atoms with E-state index in [0.29, 0.717) is 25.3 Å². The van der Waals surface area contributed by atoms with Gasteiger partial charge in [0.2, 0.25) is 11.8 Å². The molecule has 3 amide bonds. The molecule has 4 N–H and O–H groups in total. The van der Waals surface area contributed by atoms with Crippen molar-refractivity contribution in [2.24, 2.45) is 0 Å². The first-order chi connectivity index (χ1) is 13.4. The van der Waals surface area contributed by atoms with Gasteiger partial charge in [-0.25, -0.2) is 0 Å². The van der Waals surface area contributed by atoms with Crippen molar-refractivity contribution in [3.63, 3.8) is 0 Å². The molecule has 0 spiro atoms. The summed E-state index contributed by atoms with van der Waals surface area (Å²) in [6, 6.07) is 5.07. The van der Waals surface area contributed by atoms with E-state index in [2.05, 4.69) is 31.9 Å². The van der Waals surface area contributed by atoms with E-state index in [1.165, 1.54) is 7.11 Å². The molecule has 154 valence electrons. The lowest BCUT2D eigenvalue weighted by atomic mass is 10.1. The van der Waals surface area contributed by atoms with Gasteiger partial charge in [0.05, 0.1) is 16.8 Å². The summed E-state index contributed by atoms with van der Waals surface area (Å²) >= 11 is 3.04. The highest BCUT2D eigenvalue weighted by atomic mass is 79.9. The van der Waals surface area contributed by atoms with Crippen molar-refractivity contribution in [2.75, 3.05) is 32.1 Å². The number of aryl methyl sites for hydroxylation is 1. The van der Waals surface area contributed by atoms with E-state index in [0.717, 1.165) is 18.1 Å². The third-order valence-electron chi connectivity index (χ3n) is 3.69. The average Bonchev–Trinajstić information content (AvgIpc) is 2.67. The monoisotopic (exact) mass is 455 g/mol. The Morgan fingerprint density at radius 3 is 2.64 bits per heavy atom. The first-order valence-electron chi connectivity index (χ1n) is 8.91. The van der Waals surface area contributed by atoms with Crippen LogP contribution in [0, 0.1) is 0 Å². The van der Waals surface area contributed by atoms with Crippen LogP contribution in [-0.4, -0.2) is 49.6 Å². The van der Waals surface area contributed by atoms with Crippen LogP contribution >= 0.6 is 15.9 Å². The smallest absolute Gasteiger partial charge is 0.258 e. The van der Waals surface area contributed by atoms with E-state index in [9.17, 15) is 19.5 Å². The third-order valence-corrected chi connectivity index (χ3v) is 4.28. The Morgan fingerprint density at radius 2 is 1.96 bits per heavy atom. The summed E-state index contributed by atoms with van der Waals surface area (Å²) in [5, 5.41) is 17.6. The van der Waals surface area contributed by atoms with Crippen molar-refractivity contribution in [2.45, 2.75) is 26.2 Å². The van der Waals surface area contributed by atoms with Crippen LogP contribution in [-0.2, 0) is 25.5 Å². The maximum atomic E-state index is 12.0. The van der Waals surface area contributed by atoms with E-state index in [1.54, 1.807) is 18.2 Å². The Kier molecular flexibility index (Phi) is 10.9. The predicted molar refractivity (Wildman–Crippen MR) is 110 cm³/mol. The summed E-state index contributed by atoms with van der Waals surface area (Å²) in [5.74, 6) is -1.10. The number of anilines is 1. The third kappa shape index (κ3) is 9.01. The fourth-order valence-corrected chi connectivity index (χ4v) is 2.51. The van der Waals surface area contributed by atoms with Gasteiger partial charge in [-0.3, -0.25) is 14.4 Å². The molecule has 0 aliphatic rings.